The van der Waals surface area contributed by atoms with Crippen LogP contribution in [0.5, 0.6) is 0 Å². The summed E-state index contributed by atoms with van der Waals surface area (Å²) >= 11 is 0. The average Bonchev–Trinajstić information content (AvgIpc) is 2.59. The van der Waals surface area contributed by atoms with Crippen LogP contribution in [0.3, 0.4) is 0 Å². The third-order valence-corrected chi connectivity index (χ3v) is 2.31. The molecule has 1 rings (SSSR count). The molecule has 2 N–H and O–H groups in total. The van der Waals surface area contributed by atoms with Gasteiger partial charge in [-0.25, -0.2) is 4.57 Å². The molecular formula is C9H14N4O3. The van der Waals surface area contributed by atoms with Crippen LogP contribution in [0.25, 0.3) is 0 Å². The van der Waals surface area contributed by atoms with Crippen molar-refractivity contribution in [1.29, 1.82) is 0 Å². The van der Waals surface area contributed by atoms with Gasteiger partial charge in [-0.3, -0.25) is 4.79 Å². The van der Waals surface area contributed by atoms with Crippen molar-refractivity contribution in [1.82, 2.24) is 9.47 Å². The van der Waals surface area contributed by atoms with E-state index in [9.17, 15) is 14.9 Å². The van der Waals surface area contributed by atoms with Crippen LogP contribution in [0.2, 0.25) is 0 Å². The van der Waals surface area contributed by atoms with E-state index in [1.165, 1.54) is 28.6 Å². The Morgan fingerprint density at radius 2 is 2.25 bits per heavy atom. The second-order valence-electron chi connectivity index (χ2n) is 3.41. The van der Waals surface area contributed by atoms with Gasteiger partial charge in [0.1, 0.15) is 0 Å². The van der Waals surface area contributed by atoms with Crippen LogP contribution in [0.4, 0.5) is 5.82 Å². The Morgan fingerprint density at radius 1 is 1.62 bits per heavy atom. The van der Waals surface area contributed by atoms with Gasteiger partial charge in [-0.05, 0) is 11.0 Å². The summed E-state index contributed by atoms with van der Waals surface area (Å²) in [6.07, 6.45) is 0. The van der Waals surface area contributed by atoms with Gasteiger partial charge in [-0.2, -0.15) is 0 Å². The summed E-state index contributed by atoms with van der Waals surface area (Å²) in [7, 11) is 3.09. The number of rotatable bonds is 4. The Balaban J connectivity index is 2.97. The smallest absolute Gasteiger partial charge is 0.323 e. The second kappa shape index (κ2) is 4.75. The fourth-order valence-electron chi connectivity index (χ4n) is 1.39. The van der Waals surface area contributed by atoms with Gasteiger partial charge in [0, 0.05) is 26.2 Å². The highest BCUT2D eigenvalue weighted by Gasteiger charge is 2.22. The fourth-order valence-corrected chi connectivity index (χ4v) is 1.39. The lowest BCUT2D eigenvalue weighted by atomic mass is 10.3. The van der Waals surface area contributed by atoms with Crippen LogP contribution in [0.1, 0.15) is 10.5 Å². The minimum Gasteiger partial charge on any atom is -0.358 e. The molecule has 1 amide bonds. The number of nitrogens with two attached hydrogens (primary N) is 1. The molecule has 0 atom stereocenters. The van der Waals surface area contributed by atoms with Crippen molar-refractivity contribution in [3.05, 3.63) is 27.9 Å². The van der Waals surface area contributed by atoms with E-state index in [2.05, 4.69) is 0 Å². The van der Waals surface area contributed by atoms with Crippen LogP contribution < -0.4 is 5.73 Å². The molecule has 1 heterocycles. The Bertz CT molecular complexity index is 413. The van der Waals surface area contributed by atoms with E-state index in [1.807, 2.05) is 0 Å². The van der Waals surface area contributed by atoms with Gasteiger partial charge >= 0.3 is 5.82 Å². The summed E-state index contributed by atoms with van der Waals surface area (Å²) in [4.78, 5) is 23.3. The standard InChI is InChI=1S/C9H14N4O3/c1-11(6-5-10)9(14)7-3-4-8(12(7)2)13(15)16/h3-4H,5-6,10H2,1-2H3. The Kier molecular flexibility index (Phi) is 3.62. The first-order valence-corrected chi connectivity index (χ1v) is 4.74. The van der Waals surface area contributed by atoms with E-state index >= 15 is 0 Å². The molecule has 0 aromatic carbocycles. The Morgan fingerprint density at radius 3 is 2.69 bits per heavy atom. The molecule has 0 radical (unpaired) electrons. The number of hydrogen-bond donors (Lipinski definition) is 1. The van der Waals surface area contributed by atoms with Crippen molar-refractivity contribution in [3.63, 3.8) is 0 Å². The van der Waals surface area contributed by atoms with Crippen LogP contribution in [0, 0.1) is 10.1 Å². The molecule has 7 nitrogen and oxygen atoms in total. The summed E-state index contributed by atoms with van der Waals surface area (Å²) in [5.74, 6) is -0.384. The SMILES string of the molecule is CN(CCN)C(=O)c1ccc([N+](=O)[O-])n1C. The number of nitro groups is 1. The molecule has 0 aliphatic carbocycles. The second-order valence-corrected chi connectivity index (χ2v) is 3.41. The quantitative estimate of drug-likeness (QED) is 0.575. The molecule has 1 aromatic heterocycles. The molecule has 0 saturated carbocycles. The molecule has 88 valence electrons. The third kappa shape index (κ3) is 2.19. The van der Waals surface area contributed by atoms with E-state index in [-0.39, 0.29) is 17.4 Å². The summed E-state index contributed by atoms with van der Waals surface area (Å²) in [5.41, 5.74) is 5.61. The zero-order chi connectivity index (χ0) is 12.3. The fraction of sp³-hybridized carbons (Fsp3) is 0.444. The minimum absolute atomic E-state index is 0.107. The van der Waals surface area contributed by atoms with E-state index in [1.54, 1.807) is 7.05 Å². The van der Waals surface area contributed by atoms with Crippen LogP contribution in [-0.2, 0) is 7.05 Å². The molecule has 0 fully saturated rings. The first kappa shape index (κ1) is 12.2. The lowest BCUT2D eigenvalue weighted by Crippen LogP contribution is -2.32. The van der Waals surface area contributed by atoms with Gasteiger partial charge in [0.05, 0.1) is 7.05 Å². The lowest BCUT2D eigenvalue weighted by molar-refractivity contribution is -0.391. The molecule has 0 aliphatic heterocycles. The molecule has 0 spiro atoms. The number of likely N-dealkylation sites (N-methyl/N-ethyl adjacent to an activating group) is 1. The van der Waals surface area contributed by atoms with Gasteiger partial charge in [-0.1, -0.05) is 0 Å². The van der Waals surface area contributed by atoms with Crippen molar-refractivity contribution in [2.75, 3.05) is 20.1 Å². The third-order valence-electron chi connectivity index (χ3n) is 2.31. The monoisotopic (exact) mass is 226 g/mol. The molecule has 0 bridgehead atoms. The summed E-state index contributed by atoms with van der Waals surface area (Å²) < 4.78 is 1.26. The number of amides is 1. The van der Waals surface area contributed by atoms with Gasteiger partial charge in [0.15, 0.2) is 5.69 Å². The molecule has 0 aliphatic rings. The highest BCUT2D eigenvalue weighted by molar-refractivity contribution is 5.93. The van der Waals surface area contributed by atoms with Crippen LogP contribution in [-0.4, -0.2) is 40.4 Å². The van der Waals surface area contributed by atoms with Crippen LogP contribution >= 0.6 is 0 Å². The van der Waals surface area contributed by atoms with Gasteiger partial charge in [0.25, 0.3) is 5.91 Å². The largest absolute Gasteiger partial charge is 0.358 e. The number of hydrogen-bond acceptors (Lipinski definition) is 4. The van der Waals surface area contributed by atoms with E-state index in [4.69, 9.17) is 5.73 Å². The van der Waals surface area contributed by atoms with Crippen molar-refractivity contribution in [2.24, 2.45) is 12.8 Å². The van der Waals surface area contributed by atoms with Crippen molar-refractivity contribution in [3.8, 4) is 0 Å². The maximum atomic E-state index is 11.8. The Hall–Kier alpha value is -1.89. The molecule has 16 heavy (non-hydrogen) atoms. The maximum Gasteiger partial charge on any atom is 0.323 e. The maximum absolute atomic E-state index is 11.8. The van der Waals surface area contributed by atoms with E-state index < -0.39 is 4.92 Å². The summed E-state index contributed by atoms with van der Waals surface area (Å²) in [6.45, 7) is 0.770. The zero-order valence-electron chi connectivity index (χ0n) is 9.21. The highest BCUT2D eigenvalue weighted by atomic mass is 16.6. The first-order valence-electron chi connectivity index (χ1n) is 4.74. The van der Waals surface area contributed by atoms with Gasteiger partial charge < -0.3 is 20.7 Å². The van der Waals surface area contributed by atoms with Gasteiger partial charge in [-0.15, -0.1) is 0 Å². The molecular weight excluding hydrogens is 212 g/mol. The predicted molar refractivity (Wildman–Crippen MR) is 58.1 cm³/mol. The van der Waals surface area contributed by atoms with E-state index in [0.29, 0.717) is 13.1 Å². The number of nitrogens with zero attached hydrogens (tertiary/aromatic N) is 3. The summed E-state index contributed by atoms with van der Waals surface area (Å²) in [6, 6.07) is 2.75. The molecule has 7 heteroatoms. The van der Waals surface area contributed by atoms with Gasteiger partial charge in [0.2, 0.25) is 0 Å². The van der Waals surface area contributed by atoms with Crippen molar-refractivity contribution in [2.45, 2.75) is 0 Å². The molecule has 1 aromatic rings. The first-order chi connectivity index (χ1) is 7.49. The number of aromatic nitrogens is 1. The summed E-state index contributed by atoms with van der Waals surface area (Å²) in [5, 5.41) is 10.6. The highest BCUT2D eigenvalue weighted by Crippen LogP contribution is 2.16. The zero-order valence-corrected chi connectivity index (χ0v) is 9.21. The molecule has 0 unspecified atom stereocenters. The number of carbonyl (C=O) groups excluding carboxylic acids is 1. The number of carbonyl (C=O) groups is 1. The average molecular weight is 226 g/mol. The molecule has 0 saturated heterocycles. The topological polar surface area (TPSA) is 94.4 Å². The Labute approximate surface area is 92.6 Å². The van der Waals surface area contributed by atoms with E-state index in [0.717, 1.165) is 0 Å². The van der Waals surface area contributed by atoms with Crippen LogP contribution in [0.15, 0.2) is 12.1 Å². The minimum atomic E-state index is -0.528. The normalized spacial score (nSPS) is 10.2. The predicted octanol–water partition coefficient (Wildman–Crippen LogP) is -0.0360. The van der Waals surface area contributed by atoms with Crippen molar-refractivity contribution >= 4 is 11.7 Å². The lowest BCUT2D eigenvalue weighted by Gasteiger charge is -2.14. The van der Waals surface area contributed by atoms with Crippen molar-refractivity contribution < 1.29 is 9.72 Å².